The lowest BCUT2D eigenvalue weighted by Crippen LogP contribution is -2.35. The van der Waals surface area contributed by atoms with Crippen LogP contribution in [0.5, 0.6) is 5.75 Å². The molecule has 22 heavy (non-hydrogen) atoms. The van der Waals surface area contributed by atoms with Crippen LogP contribution in [0.2, 0.25) is 0 Å². The molecule has 0 radical (unpaired) electrons. The highest BCUT2D eigenvalue weighted by atomic mass is 127. The van der Waals surface area contributed by atoms with Crippen molar-refractivity contribution < 1.29 is 9.47 Å². The summed E-state index contributed by atoms with van der Waals surface area (Å²) in [6, 6.07) is 8.18. The second-order valence-corrected chi connectivity index (χ2v) is 5.81. The molecule has 0 heterocycles. The Hall–Kier alpha value is -1.02. The summed E-state index contributed by atoms with van der Waals surface area (Å²) in [4.78, 5) is 4.11. The lowest BCUT2D eigenvalue weighted by molar-refractivity contribution is 0.208. The van der Waals surface area contributed by atoms with E-state index in [2.05, 4.69) is 43.2 Å². The summed E-state index contributed by atoms with van der Waals surface area (Å²) in [7, 11) is 1.64. The number of guanidine groups is 1. The number of nitrogens with zero attached hydrogens (tertiary/aromatic N) is 1. The van der Waals surface area contributed by atoms with E-state index in [1.165, 1.54) is 5.56 Å². The molecule has 0 spiro atoms. The average molecular weight is 421 g/mol. The Kier molecular flexibility index (Phi) is 10.2. The monoisotopic (exact) mass is 421 g/mol. The smallest absolute Gasteiger partial charge is 0.188 e. The molecule has 0 aliphatic rings. The summed E-state index contributed by atoms with van der Waals surface area (Å²) < 4.78 is 10.6. The second kappa shape index (κ2) is 10.7. The van der Waals surface area contributed by atoms with Crippen LogP contribution in [0.1, 0.15) is 26.3 Å². The minimum atomic E-state index is 0. The van der Waals surface area contributed by atoms with Crippen LogP contribution in [0, 0.1) is 0 Å². The maximum absolute atomic E-state index is 5.72. The van der Waals surface area contributed by atoms with E-state index < -0.39 is 0 Å². The highest BCUT2D eigenvalue weighted by Gasteiger charge is 2.13. The van der Waals surface area contributed by atoms with Gasteiger partial charge in [0.15, 0.2) is 5.96 Å². The number of ether oxygens (including phenoxy) is 2. The van der Waals surface area contributed by atoms with Crippen LogP contribution in [-0.2, 0) is 10.2 Å². The lowest BCUT2D eigenvalue weighted by Gasteiger charge is -2.19. The zero-order valence-corrected chi connectivity index (χ0v) is 16.2. The molecule has 5 nitrogen and oxygen atoms in total. The summed E-state index contributed by atoms with van der Waals surface area (Å²) in [5.74, 6) is 1.29. The fraction of sp³-hybridized carbons (Fsp3) is 0.562. The average Bonchev–Trinajstić information content (AvgIpc) is 2.43. The highest BCUT2D eigenvalue weighted by molar-refractivity contribution is 14.0. The van der Waals surface area contributed by atoms with Gasteiger partial charge < -0.3 is 20.5 Å². The maximum Gasteiger partial charge on any atom is 0.188 e. The van der Waals surface area contributed by atoms with Gasteiger partial charge in [0.1, 0.15) is 12.4 Å². The molecule has 3 N–H and O–H groups in total. The minimum absolute atomic E-state index is 0. The number of methoxy groups -OCH3 is 1. The number of nitrogens with two attached hydrogens (primary N) is 1. The van der Waals surface area contributed by atoms with Crippen molar-refractivity contribution in [1.29, 1.82) is 0 Å². The second-order valence-electron chi connectivity index (χ2n) is 5.81. The Morgan fingerprint density at radius 3 is 2.64 bits per heavy atom. The number of nitrogens with one attached hydrogen (secondary N) is 1. The van der Waals surface area contributed by atoms with Gasteiger partial charge in [-0.15, -0.1) is 24.0 Å². The number of hydrogen-bond donors (Lipinski definition) is 2. The van der Waals surface area contributed by atoms with Crippen molar-refractivity contribution in [3.05, 3.63) is 29.8 Å². The predicted molar refractivity (Wildman–Crippen MR) is 102 cm³/mol. The van der Waals surface area contributed by atoms with Crippen LogP contribution in [0.4, 0.5) is 0 Å². The van der Waals surface area contributed by atoms with E-state index in [0.29, 0.717) is 32.3 Å². The Balaban J connectivity index is 0.00000441. The third kappa shape index (κ3) is 8.43. The van der Waals surface area contributed by atoms with E-state index in [1.54, 1.807) is 7.11 Å². The first-order valence-electron chi connectivity index (χ1n) is 7.19. The molecule has 0 saturated carbocycles. The largest absolute Gasteiger partial charge is 0.492 e. The van der Waals surface area contributed by atoms with Gasteiger partial charge in [0, 0.05) is 7.11 Å². The quantitative estimate of drug-likeness (QED) is 0.307. The minimum Gasteiger partial charge on any atom is -0.492 e. The molecule has 0 saturated heterocycles. The highest BCUT2D eigenvalue weighted by Crippen LogP contribution is 2.25. The molecule has 1 aromatic carbocycles. The van der Waals surface area contributed by atoms with E-state index >= 15 is 0 Å². The summed E-state index contributed by atoms with van der Waals surface area (Å²) in [6.07, 6.45) is 0. The Labute approximate surface area is 150 Å². The molecule has 6 heteroatoms. The van der Waals surface area contributed by atoms with E-state index in [9.17, 15) is 0 Å². The van der Waals surface area contributed by atoms with Crippen LogP contribution >= 0.6 is 24.0 Å². The van der Waals surface area contributed by atoms with E-state index in [1.807, 2.05) is 12.1 Å². The van der Waals surface area contributed by atoms with Gasteiger partial charge in [-0.2, -0.15) is 0 Å². The summed E-state index contributed by atoms with van der Waals surface area (Å²) >= 11 is 0. The molecular formula is C16H28IN3O2. The number of rotatable bonds is 7. The Morgan fingerprint density at radius 2 is 2.00 bits per heavy atom. The van der Waals surface area contributed by atoms with Gasteiger partial charge in [0.25, 0.3) is 0 Å². The molecule has 0 aromatic heterocycles. The number of benzene rings is 1. The molecule has 1 aromatic rings. The van der Waals surface area contributed by atoms with Gasteiger partial charge in [0.2, 0.25) is 0 Å². The first-order chi connectivity index (χ1) is 9.93. The van der Waals surface area contributed by atoms with Crippen molar-refractivity contribution in [2.45, 2.75) is 26.2 Å². The van der Waals surface area contributed by atoms with Crippen LogP contribution in [0.3, 0.4) is 0 Å². The van der Waals surface area contributed by atoms with Crippen LogP contribution < -0.4 is 15.8 Å². The van der Waals surface area contributed by atoms with Crippen molar-refractivity contribution in [3.8, 4) is 5.75 Å². The topological polar surface area (TPSA) is 68.9 Å². The summed E-state index contributed by atoms with van der Waals surface area (Å²) in [6.45, 7) is 8.83. The normalized spacial score (nSPS) is 11.7. The molecule has 0 bridgehead atoms. The molecule has 0 aliphatic heterocycles. The van der Waals surface area contributed by atoms with Crippen LogP contribution in [0.15, 0.2) is 29.3 Å². The van der Waals surface area contributed by atoms with Crippen LogP contribution in [-0.4, -0.2) is 39.4 Å². The molecule has 0 unspecified atom stereocenters. The molecular weight excluding hydrogens is 393 g/mol. The summed E-state index contributed by atoms with van der Waals surface area (Å²) in [5, 5.41) is 3.00. The van der Waals surface area contributed by atoms with E-state index in [-0.39, 0.29) is 29.4 Å². The third-order valence-electron chi connectivity index (χ3n) is 2.95. The van der Waals surface area contributed by atoms with Crippen molar-refractivity contribution in [3.63, 3.8) is 0 Å². The van der Waals surface area contributed by atoms with Crippen LogP contribution in [0.25, 0.3) is 0 Å². The first kappa shape index (κ1) is 21.0. The van der Waals surface area contributed by atoms with Gasteiger partial charge in [0.05, 0.1) is 19.7 Å². The number of halogens is 1. The van der Waals surface area contributed by atoms with Gasteiger partial charge in [-0.05, 0) is 23.1 Å². The SMILES string of the molecule is COCCN=C(N)NCCOc1cccc(C(C)(C)C)c1.I. The molecule has 0 amide bonds. The number of hydrogen-bond acceptors (Lipinski definition) is 3. The summed E-state index contributed by atoms with van der Waals surface area (Å²) in [5.41, 5.74) is 7.08. The van der Waals surface area contributed by atoms with Crippen molar-refractivity contribution in [1.82, 2.24) is 5.32 Å². The third-order valence-corrected chi connectivity index (χ3v) is 2.95. The predicted octanol–water partition coefficient (Wildman–Crippen LogP) is 2.53. The lowest BCUT2D eigenvalue weighted by atomic mass is 9.87. The van der Waals surface area contributed by atoms with E-state index in [4.69, 9.17) is 15.2 Å². The molecule has 1 rings (SSSR count). The fourth-order valence-corrected chi connectivity index (χ4v) is 1.71. The van der Waals surface area contributed by atoms with Gasteiger partial charge in [-0.25, -0.2) is 0 Å². The molecule has 0 atom stereocenters. The van der Waals surface area contributed by atoms with Crippen molar-refractivity contribution >= 4 is 29.9 Å². The Bertz CT molecular complexity index is 459. The number of aliphatic imine (C=N–C) groups is 1. The Morgan fingerprint density at radius 1 is 1.27 bits per heavy atom. The van der Waals surface area contributed by atoms with E-state index in [0.717, 1.165) is 5.75 Å². The standard InChI is InChI=1S/C16H27N3O2.HI/c1-16(2,3)13-6-5-7-14(12-13)21-11-9-19-15(17)18-8-10-20-4;/h5-7,12H,8-11H2,1-4H3,(H3,17,18,19);1H. The fourth-order valence-electron chi connectivity index (χ4n) is 1.71. The molecule has 126 valence electrons. The first-order valence-corrected chi connectivity index (χ1v) is 7.19. The van der Waals surface area contributed by atoms with Crippen molar-refractivity contribution in [2.75, 3.05) is 33.4 Å². The van der Waals surface area contributed by atoms with Gasteiger partial charge in [-0.1, -0.05) is 32.9 Å². The maximum atomic E-state index is 5.72. The zero-order valence-electron chi connectivity index (χ0n) is 13.9. The molecule has 0 fully saturated rings. The van der Waals surface area contributed by atoms with Gasteiger partial charge in [-0.3, -0.25) is 4.99 Å². The zero-order chi connectivity index (χ0) is 15.7. The van der Waals surface area contributed by atoms with Crippen molar-refractivity contribution in [2.24, 2.45) is 10.7 Å². The van der Waals surface area contributed by atoms with Gasteiger partial charge >= 0.3 is 0 Å². The molecule has 0 aliphatic carbocycles.